The number of likely N-dealkylation sites (tertiary alicyclic amines) is 1. The van der Waals surface area contributed by atoms with Gasteiger partial charge in [-0.05, 0) is 44.8 Å². The van der Waals surface area contributed by atoms with Crippen molar-refractivity contribution in [1.29, 1.82) is 0 Å². The molecule has 1 aliphatic heterocycles. The molecule has 0 aromatic carbocycles. The first-order chi connectivity index (χ1) is 7.45. The van der Waals surface area contributed by atoms with Crippen molar-refractivity contribution < 1.29 is 0 Å². The van der Waals surface area contributed by atoms with E-state index < -0.39 is 0 Å². The van der Waals surface area contributed by atoms with E-state index in [0.717, 1.165) is 18.9 Å². The van der Waals surface area contributed by atoms with Crippen LogP contribution in [-0.4, -0.2) is 29.5 Å². The first-order valence-electron chi connectivity index (χ1n) is 6.48. The second-order valence-electron chi connectivity index (χ2n) is 5.69. The summed E-state index contributed by atoms with van der Waals surface area (Å²) in [5, 5.41) is 0. The molecule has 0 atom stereocenters. The lowest BCUT2D eigenvalue weighted by Gasteiger charge is -2.34. The molecule has 94 valence electrons. The molecule has 0 bridgehead atoms. The lowest BCUT2D eigenvalue weighted by molar-refractivity contribution is 0.169. The highest BCUT2D eigenvalue weighted by Crippen LogP contribution is 2.24. The van der Waals surface area contributed by atoms with Crippen LogP contribution in [-0.2, 0) is 0 Å². The Hall–Kier alpha value is -0.150. The van der Waals surface area contributed by atoms with Crippen molar-refractivity contribution in [2.45, 2.75) is 46.5 Å². The van der Waals surface area contributed by atoms with Gasteiger partial charge in [-0.25, -0.2) is 0 Å². The molecular weight excluding hydrogens is 216 g/mol. The minimum absolute atomic E-state index is 0.0109. The van der Waals surface area contributed by atoms with Crippen LogP contribution in [0.3, 0.4) is 0 Å². The van der Waals surface area contributed by atoms with E-state index in [2.05, 4.69) is 25.7 Å². The smallest absolute Gasteiger partial charge is 0.0784 e. The highest BCUT2D eigenvalue weighted by atomic mass is 32.1. The summed E-state index contributed by atoms with van der Waals surface area (Å²) in [6.45, 7) is 10.2. The van der Waals surface area contributed by atoms with E-state index in [4.69, 9.17) is 18.0 Å². The van der Waals surface area contributed by atoms with Gasteiger partial charge < -0.3 is 10.6 Å². The first-order valence-corrected chi connectivity index (χ1v) is 6.89. The largest absolute Gasteiger partial charge is 0.393 e. The first kappa shape index (κ1) is 13.9. The number of hydrogen-bond donors (Lipinski definition) is 1. The Morgan fingerprint density at radius 3 is 2.38 bits per heavy atom. The fraction of sp³-hybridized carbons (Fsp3) is 0.923. The van der Waals surface area contributed by atoms with Gasteiger partial charge in [0.15, 0.2) is 0 Å². The molecule has 1 heterocycles. The minimum atomic E-state index is 0.0109. The molecule has 2 nitrogen and oxygen atoms in total. The molecule has 16 heavy (non-hydrogen) atoms. The lowest BCUT2D eigenvalue weighted by atomic mass is 9.88. The lowest BCUT2D eigenvalue weighted by Crippen LogP contribution is -2.38. The molecule has 1 rings (SSSR count). The zero-order valence-corrected chi connectivity index (χ0v) is 11.8. The van der Waals surface area contributed by atoms with Crippen LogP contribution >= 0.6 is 12.2 Å². The maximum atomic E-state index is 5.74. The second-order valence-corrected chi connectivity index (χ2v) is 6.13. The van der Waals surface area contributed by atoms with Crippen molar-refractivity contribution in [1.82, 2.24) is 4.90 Å². The SMILES string of the molecule is CCC1CCN(CCC(C)(C)C(N)=S)CC1. The van der Waals surface area contributed by atoms with Gasteiger partial charge in [-0.3, -0.25) is 0 Å². The average Bonchev–Trinajstić information content (AvgIpc) is 2.27. The van der Waals surface area contributed by atoms with Crippen LogP contribution in [0.5, 0.6) is 0 Å². The number of rotatable bonds is 5. The van der Waals surface area contributed by atoms with Crippen molar-refractivity contribution in [2.75, 3.05) is 19.6 Å². The van der Waals surface area contributed by atoms with E-state index in [1.54, 1.807) is 0 Å². The molecule has 1 saturated heterocycles. The van der Waals surface area contributed by atoms with Crippen LogP contribution in [0.25, 0.3) is 0 Å². The zero-order chi connectivity index (χ0) is 12.2. The summed E-state index contributed by atoms with van der Waals surface area (Å²) in [6, 6.07) is 0. The molecule has 0 amide bonds. The predicted molar refractivity (Wildman–Crippen MR) is 74.6 cm³/mol. The Morgan fingerprint density at radius 2 is 1.94 bits per heavy atom. The standard InChI is InChI=1S/C13H26N2S/c1-4-11-5-8-15(9-6-11)10-7-13(2,3)12(14)16/h11H,4-10H2,1-3H3,(H2,14,16). The molecule has 0 spiro atoms. The summed E-state index contributed by atoms with van der Waals surface area (Å²) in [7, 11) is 0. The highest BCUT2D eigenvalue weighted by molar-refractivity contribution is 7.80. The van der Waals surface area contributed by atoms with E-state index >= 15 is 0 Å². The zero-order valence-electron chi connectivity index (χ0n) is 11.0. The van der Waals surface area contributed by atoms with E-state index in [-0.39, 0.29) is 5.41 Å². The number of hydrogen-bond acceptors (Lipinski definition) is 2. The molecule has 2 N–H and O–H groups in total. The predicted octanol–water partition coefficient (Wildman–Crippen LogP) is 2.81. The molecule has 0 aromatic rings. The van der Waals surface area contributed by atoms with Crippen LogP contribution in [0.4, 0.5) is 0 Å². The number of piperidine rings is 1. The second kappa shape index (κ2) is 5.97. The van der Waals surface area contributed by atoms with Crippen molar-refractivity contribution in [3.8, 4) is 0 Å². The maximum absolute atomic E-state index is 5.74. The Kier molecular flexibility index (Phi) is 5.19. The molecule has 1 aliphatic rings. The Balaban J connectivity index is 2.27. The van der Waals surface area contributed by atoms with Gasteiger partial charge in [0.05, 0.1) is 4.99 Å². The summed E-state index contributed by atoms with van der Waals surface area (Å²) >= 11 is 5.10. The number of thiocarbonyl (C=S) groups is 1. The summed E-state index contributed by atoms with van der Waals surface area (Å²) in [6.07, 6.45) is 5.15. The Labute approximate surface area is 106 Å². The molecule has 0 aliphatic carbocycles. The number of nitrogens with two attached hydrogens (primary N) is 1. The quantitative estimate of drug-likeness (QED) is 0.752. The van der Waals surface area contributed by atoms with E-state index in [9.17, 15) is 0 Å². The van der Waals surface area contributed by atoms with Crippen molar-refractivity contribution >= 4 is 17.2 Å². The van der Waals surface area contributed by atoms with Gasteiger partial charge in [-0.15, -0.1) is 0 Å². The van der Waals surface area contributed by atoms with Crippen LogP contribution in [0.1, 0.15) is 46.5 Å². The van der Waals surface area contributed by atoms with Crippen molar-refractivity contribution in [2.24, 2.45) is 17.1 Å². The van der Waals surface area contributed by atoms with E-state index in [1.165, 1.54) is 32.4 Å². The summed E-state index contributed by atoms with van der Waals surface area (Å²) in [4.78, 5) is 3.21. The van der Waals surface area contributed by atoms with Crippen LogP contribution in [0.15, 0.2) is 0 Å². The van der Waals surface area contributed by atoms with Gasteiger partial charge >= 0.3 is 0 Å². The number of nitrogens with zero attached hydrogens (tertiary/aromatic N) is 1. The molecular formula is C13H26N2S. The molecule has 0 aromatic heterocycles. The summed E-state index contributed by atoms with van der Waals surface area (Å²) in [5.74, 6) is 0.958. The van der Waals surface area contributed by atoms with Gasteiger partial charge in [0.25, 0.3) is 0 Å². The summed E-state index contributed by atoms with van der Waals surface area (Å²) < 4.78 is 0. The Morgan fingerprint density at radius 1 is 1.38 bits per heavy atom. The van der Waals surface area contributed by atoms with Gasteiger partial charge in [-0.1, -0.05) is 39.4 Å². The highest BCUT2D eigenvalue weighted by Gasteiger charge is 2.24. The third kappa shape index (κ3) is 4.02. The topological polar surface area (TPSA) is 29.3 Å². The van der Waals surface area contributed by atoms with Gasteiger partial charge in [-0.2, -0.15) is 0 Å². The normalized spacial score (nSPS) is 19.9. The van der Waals surface area contributed by atoms with Crippen molar-refractivity contribution in [3.05, 3.63) is 0 Å². The average molecular weight is 242 g/mol. The molecule has 0 saturated carbocycles. The molecule has 0 unspecified atom stereocenters. The van der Waals surface area contributed by atoms with Crippen LogP contribution in [0, 0.1) is 11.3 Å². The Bertz CT molecular complexity index is 230. The van der Waals surface area contributed by atoms with Gasteiger partial charge in [0, 0.05) is 5.41 Å². The minimum Gasteiger partial charge on any atom is -0.393 e. The fourth-order valence-corrected chi connectivity index (χ4v) is 2.28. The third-order valence-corrected chi connectivity index (χ3v) is 4.56. The van der Waals surface area contributed by atoms with Crippen molar-refractivity contribution in [3.63, 3.8) is 0 Å². The summed E-state index contributed by atoms with van der Waals surface area (Å²) in [5.41, 5.74) is 5.75. The van der Waals surface area contributed by atoms with Crippen LogP contribution < -0.4 is 5.73 Å². The van der Waals surface area contributed by atoms with Gasteiger partial charge in [0.1, 0.15) is 0 Å². The van der Waals surface area contributed by atoms with Crippen LogP contribution in [0.2, 0.25) is 0 Å². The van der Waals surface area contributed by atoms with E-state index in [1.807, 2.05) is 0 Å². The third-order valence-electron chi connectivity index (χ3n) is 4.00. The maximum Gasteiger partial charge on any atom is 0.0784 e. The molecule has 0 radical (unpaired) electrons. The van der Waals surface area contributed by atoms with E-state index in [0.29, 0.717) is 4.99 Å². The van der Waals surface area contributed by atoms with Gasteiger partial charge in [0.2, 0.25) is 0 Å². The molecule has 1 fully saturated rings. The molecule has 3 heteroatoms. The fourth-order valence-electron chi connectivity index (χ4n) is 2.18. The monoisotopic (exact) mass is 242 g/mol.